The minimum atomic E-state index is -0.223. The maximum atomic E-state index is 11.8. The highest BCUT2D eigenvalue weighted by atomic mass is 16.5. The van der Waals surface area contributed by atoms with E-state index in [1.165, 1.54) is 0 Å². The van der Waals surface area contributed by atoms with Crippen LogP contribution < -0.4 is 5.32 Å². The molecule has 0 fully saturated rings. The second kappa shape index (κ2) is 7.13. The van der Waals surface area contributed by atoms with Gasteiger partial charge in [0.25, 0.3) is 0 Å². The summed E-state index contributed by atoms with van der Waals surface area (Å²) in [5.41, 5.74) is 0.826. The van der Waals surface area contributed by atoms with E-state index in [2.05, 4.69) is 10.5 Å². The van der Waals surface area contributed by atoms with Gasteiger partial charge in [0, 0.05) is 26.3 Å². The number of rotatable bonds is 7. The van der Waals surface area contributed by atoms with Crippen molar-refractivity contribution in [3.63, 3.8) is 0 Å². The van der Waals surface area contributed by atoms with Gasteiger partial charge in [0.1, 0.15) is 5.76 Å². The van der Waals surface area contributed by atoms with E-state index in [0.29, 0.717) is 19.7 Å². The molecule has 18 heavy (non-hydrogen) atoms. The van der Waals surface area contributed by atoms with E-state index in [0.717, 1.165) is 11.5 Å². The summed E-state index contributed by atoms with van der Waals surface area (Å²) >= 11 is 0. The number of amides is 1. The van der Waals surface area contributed by atoms with Crippen LogP contribution >= 0.6 is 0 Å². The summed E-state index contributed by atoms with van der Waals surface area (Å²) < 4.78 is 9.87. The highest BCUT2D eigenvalue weighted by molar-refractivity contribution is 5.81. The van der Waals surface area contributed by atoms with Crippen molar-refractivity contribution < 1.29 is 14.1 Å². The van der Waals surface area contributed by atoms with E-state index in [1.54, 1.807) is 7.11 Å². The summed E-state index contributed by atoms with van der Waals surface area (Å²) in [5.74, 6) is 0.755. The second-order valence-corrected chi connectivity index (χ2v) is 4.30. The molecule has 0 aromatic carbocycles. The van der Waals surface area contributed by atoms with Gasteiger partial charge in [-0.25, -0.2) is 0 Å². The third-order valence-corrected chi connectivity index (χ3v) is 2.73. The van der Waals surface area contributed by atoms with Crippen molar-refractivity contribution in [2.45, 2.75) is 26.4 Å². The Morgan fingerprint density at radius 3 is 2.94 bits per heavy atom. The number of ether oxygens (including phenoxy) is 1. The smallest absolute Gasteiger partial charge is 0.237 e. The van der Waals surface area contributed by atoms with Gasteiger partial charge in [-0.15, -0.1) is 0 Å². The minimum Gasteiger partial charge on any atom is -0.383 e. The molecule has 0 radical (unpaired) electrons. The third-order valence-electron chi connectivity index (χ3n) is 2.73. The molecule has 6 heteroatoms. The van der Waals surface area contributed by atoms with Gasteiger partial charge in [-0.05, 0) is 20.9 Å². The maximum Gasteiger partial charge on any atom is 0.237 e. The SMILES string of the molecule is COCCNC(=O)[C@H](C)N(C)Cc1cc(C)on1. The molecule has 0 aliphatic carbocycles. The van der Waals surface area contributed by atoms with Crippen molar-refractivity contribution in [3.05, 3.63) is 17.5 Å². The van der Waals surface area contributed by atoms with Gasteiger partial charge in [0.15, 0.2) is 0 Å². The number of aromatic nitrogens is 1. The van der Waals surface area contributed by atoms with E-state index in [9.17, 15) is 4.79 Å². The van der Waals surface area contributed by atoms with Crippen molar-refractivity contribution in [2.75, 3.05) is 27.3 Å². The Balaban J connectivity index is 2.40. The summed E-state index contributed by atoms with van der Waals surface area (Å²) in [6.07, 6.45) is 0. The van der Waals surface area contributed by atoms with E-state index in [1.807, 2.05) is 31.9 Å². The monoisotopic (exact) mass is 255 g/mol. The van der Waals surface area contributed by atoms with Crippen LogP contribution in [0.3, 0.4) is 0 Å². The molecule has 0 unspecified atom stereocenters. The summed E-state index contributed by atoms with van der Waals surface area (Å²) in [6.45, 7) is 5.32. The zero-order valence-corrected chi connectivity index (χ0v) is 11.4. The molecule has 1 heterocycles. The van der Waals surface area contributed by atoms with E-state index < -0.39 is 0 Å². The number of nitrogens with one attached hydrogen (secondary N) is 1. The first kappa shape index (κ1) is 14.7. The van der Waals surface area contributed by atoms with Crippen LogP contribution in [0.2, 0.25) is 0 Å². The second-order valence-electron chi connectivity index (χ2n) is 4.30. The number of hydrogen-bond donors (Lipinski definition) is 1. The quantitative estimate of drug-likeness (QED) is 0.721. The third kappa shape index (κ3) is 4.46. The first-order chi connectivity index (χ1) is 8.54. The van der Waals surface area contributed by atoms with Crippen molar-refractivity contribution >= 4 is 5.91 Å². The maximum absolute atomic E-state index is 11.8. The number of carbonyl (C=O) groups is 1. The topological polar surface area (TPSA) is 67.6 Å². The number of nitrogens with zero attached hydrogens (tertiary/aromatic N) is 2. The van der Waals surface area contributed by atoms with E-state index in [4.69, 9.17) is 9.26 Å². The number of hydrogen-bond acceptors (Lipinski definition) is 5. The molecular weight excluding hydrogens is 234 g/mol. The Hall–Kier alpha value is -1.40. The summed E-state index contributed by atoms with van der Waals surface area (Å²) in [5, 5.41) is 6.71. The van der Waals surface area contributed by atoms with Crippen LogP contribution in [0, 0.1) is 6.92 Å². The first-order valence-electron chi connectivity index (χ1n) is 5.93. The molecule has 1 atom stereocenters. The van der Waals surface area contributed by atoms with Crippen molar-refractivity contribution in [3.8, 4) is 0 Å². The van der Waals surface area contributed by atoms with Crippen LogP contribution in [-0.2, 0) is 16.1 Å². The number of carbonyl (C=O) groups excluding carboxylic acids is 1. The van der Waals surface area contributed by atoms with Crippen LogP contribution in [0.1, 0.15) is 18.4 Å². The van der Waals surface area contributed by atoms with Gasteiger partial charge >= 0.3 is 0 Å². The van der Waals surface area contributed by atoms with Gasteiger partial charge in [-0.1, -0.05) is 5.16 Å². The lowest BCUT2D eigenvalue weighted by Crippen LogP contribution is -2.43. The van der Waals surface area contributed by atoms with E-state index >= 15 is 0 Å². The molecule has 0 saturated heterocycles. The van der Waals surface area contributed by atoms with E-state index in [-0.39, 0.29) is 11.9 Å². The predicted octanol–water partition coefficient (Wildman–Crippen LogP) is 0.566. The van der Waals surface area contributed by atoms with Gasteiger partial charge in [0.05, 0.1) is 18.3 Å². The predicted molar refractivity (Wildman–Crippen MR) is 67.1 cm³/mol. The highest BCUT2D eigenvalue weighted by Crippen LogP contribution is 2.07. The highest BCUT2D eigenvalue weighted by Gasteiger charge is 2.18. The normalized spacial score (nSPS) is 12.7. The first-order valence-corrected chi connectivity index (χ1v) is 5.93. The lowest BCUT2D eigenvalue weighted by molar-refractivity contribution is -0.125. The van der Waals surface area contributed by atoms with Gasteiger partial charge < -0.3 is 14.6 Å². The standard InChI is InChI=1S/C12H21N3O3/c1-9-7-11(14-18-9)8-15(3)10(2)12(16)13-5-6-17-4/h7,10H,5-6,8H2,1-4H3,(H,13,16)/t10-/m0/s1. The molecular formula is C12H21N3O3. The summed E-state index contributed by atoms with van der Waals surface area (Å²) in [7, 11) is 3.49. The zero-order chi connectivity index (χ0) is 13.5. The van der Waals surface area contributed by atoms with Crippen LogP contribution in [0.5, 0.6) is 0 Å². The van der Waals surface area contributed by atoms with Crippen LogP contribution in [0.25, 0.3) is 0 Å². The van der Waals surface area contributed by atoms with Crippen LogP contribution in [0.4, 0.5) is 0 Å². The molecule has 0 bridgehead atoms. The fourth-order valence-electron chi connectivity index (χ4n) is 1.51. The molecule has 0 aliphatic heterocycles. The van der Waals surface area contributed by atoms with Gasteiger partial charge in [-0.2, -0.15) is 0 Å². The van der Waals surface area contributed by atoms with Crippen LogP contribution in [0.15, 0.2) is 10.6 Å². The number of methoxy groups -OCH3 is 1. The summed E-state index contributed by atoms with van der Waals surface area (Å²) in [4.78, 5) is 13.7. The number of aryl methyl sites for hydroxylation is 1. The lowest BCUT2D eigenvalue weighted by Gasteiger charge is -2.22. The zero-order valence-electron chi connectivity index (χ0n) is 11.4. The van der Waals surface area contributed by atoms with Gasteiger partial charge in [0.2, 0.25) is 5.91 Å². The van der Waals surface area contributed by atoms with Crippen molar-refractivity contribution in [1.82, 2.24) is 15.4 Å². The molecule has 1 aromatic heterocycles. The largest absolute Gasteiger partial charge is 0.383 e. The molecule has 0 spiro atoms. The molecule has 102 valence electrons. The lowest BCUT2D eigenvalue weighted by atomic mass is 10.2. The fraction of sp³-hybridized carbons (Fsp3) is 0.667. The Kier molecular flexibility index (Phi) is 5.80. The summed E-state index contributed by atoms with van der Waals surface area (Å²) in [6, 6.07) is 1.64. The average molecular weight is 255 g/mol. The molecule has 6 nitrogen and oxygen atoms in total. The molecule has 0 aliphatic rings. The molecule has 1 N–H and O–H groups in total. The Bertz CT molecular complexity index is 378. The number of likely N-dealkylation sites (N-methyl/N-ethyl adjacent to an activating group) is 1. The molecule has 1 aromatic rings. The fourth-order valence-corrected chi connectivity index (χ4v) is 1.51. The average Bonchev–Trinajstić information content (AvgIpc) is 2.73. The van der Waals surface area contributed by atoms with Gasteiger partial charge in [-0.3, -0.25) is 9.69 Å². The molecule has 1 rings (SSSR count). The Labute approximate surface area is 107 Å². The van der Waals surface area contributed by atoms with Crippen molar-refractivity contribution in [1.29, 1.82) is 0 Å². The molecule has 1 amide bonds. The van der Waals surface area contributed by atoms with Crippen molar-refractivity contribution in [2.24, 2.45) is 0 Å². The Morgan fingerprint density at radius 1 is 1.67 bits per heavy atom. The molecule has 0 saturated carbocycles. The minimum absolute atomic E-state index is 0.0187. The Morgan fingerprint density at radius 2 is 2.39 bits per heavy atom. The van der Waals surface area contributed by atoms with Crippen LogP contribution in [-0.4, -0.2) is 49.3 Å².